The average molecular weight is 263 g/mol. The van der Waals surface area contributed by atoms with Crippen LogP contribution in [0, 0.1) is 0 Å². The first-order valence-corrected chi connectivity index (χ1v) is 6.19. The normalized spacial score (nSPS) is 10.1. The van der Waals surface area contributed by atoms with Gasteiger partial charge in [-0.1, -0.05) is 6.07 Å². The monoisotopic (exact) mass is 263 g/mol. The summed E-state index contributed by atoms with van der Waals surface area (Å²) in [5.41, 5.74) is 7.78. The van der Waals surface area contributed by atoms with E-state index in [4.69, 9.17) is 5.73 Å². The van der Waals surface area contributed by atoms with E-state index in [1.807, 2.05) is 11.4 Å². The number of anilines is 2. The Bertz CT molecular complexity index is 554. The lowest BCUT2D eigenvalue weighted by atomic mass is 10.2. The Morgan fingerprint density at radius 3 is 3.06 bits per heavy atom. The van der Waals surface area contributed by atoms with Crippen LogP contribution in [0.2, 0.25) is 0 Å². The number of rotatable bonds is 4. The van der Waals surface area contributed by atoms with Gasteiger partial charge in [-0.15, -0.1) is 11.3 Å². The van der Waals surface area contributed by atoms with Crippen LogP contribution in [0.15, 0.2) is 29.6 Å². The van der Waals surface area contributed by atoms with Gasteiger partial charge in [-0.3, -0.25) is 0 Å². The topological polar surface area (TPSA) is 77.2 Å². The van der Waals surface area contributed by atoms with Gasteiger partial charge in [-0.25, -0.2) is 9.78 Å². The molecule has 2 aromatic rings. The van der Waals surface area contributed by atoms with Crippen molar-refractivity contribution in [1.29, 1.82) is 0 Å². The van der Waals surface area contributed by atoms with Gasteiger partial charge in [0.25, 0.3) is 0 Å². The van der Waals surface area contributed by atoms with Crippen LogP contribution < -0.4 is 11.1 Å². The summed E-state index contributed by atoms with van der Waals surface area (Å²) in [6, 6.07) is 7.12. The van der Waals surface area contributed by atoms with E-state index in [1.165, 1.54) is 18.4 Å². The van der Waals surface area contributed by atoms with Crippen LogP contribution in [0.4, 0.5) is 10.8 Å². The van der Waals surface area contributed by atoms with Crippen LogP contribution in [0.3, 0.4) is 0 Å². The second kappa shape index (κ2) is 5.50. The standard InChI is InChI=1S/C12H13N3O2S/c1-17-11(16)8-3-2-4-9(5-8)14-6-10-7-18-12(13)15-10/h2-5,7,14H,6H2,1H3,(H2,13,15). The van der Waals surface area contributed by atoms with Crippen LogP contribution in [0.5, 0.6) is 0 Å². The zero-order valence-electron chi connectivity index (χ0n) is 9.84. The first kappa shape index (κ1) is 12.4. The van der Waals surface area contributed by atoms with Gasteiger partial charge < -0.3 is 15.8 Å². The summed E-state index contributed by atoms with van der Waals surface area (Å²) in [6.45, 7) is 0.568. The van der Waals surface area contributed by atoms with Gasteiger partial charge in [0.1, 0.15) is 0 Å². The van der Waals surface area contributed by atoms with Gasteiger partial charge in [-0.2, -0.15) is 0 Å². The molecule has 5 nitrogen and oxygen atoms in total. The molecule has 0 saturated carbocycles. The van der Waals surface area contributed by atoms with Crippen LogP contribution in [0.1, 0.15) is 16.1 Å². The lowest BCUT2D eigenvalue weighted by Crippen LogP contribution is -2.04. The third kappa shape index (κ3) is 2.98. The number of nitrogen functional groups attached to an aromatic ring is 1. The summed E-state index contributed by atoms with van der Waals surface area (Å²) < 4.78 is 4.66. The minimum absolute atomic E-state index is 0.350. The molecule has 1 aromatic heterocycles. The third-order valence-corrected chi connectivity index (χ3v) is 3.05. The van der Waals surface area contributed by atoms with Crippen LogP contribution >= 0.6 is 11.3 Å². The number of hydrogen-bond donors (Lipinski definition) is 2. The molecule has 6 heteroatoms. The highest BCUT2D eigenvalue weighted by atomic mass is 32.1. The summed E-state index contributed by atoms with van der Waals surface area (Å²) in [6.07, 6.45) is 0. The Balaban J connectivity index is 2.03. The second-order valence-electron chi connectivity index (χ2n) is 3.60. The average Bonchev–Trinajstić information content (AvgIpc) is 2.81. The minimum atomic E-state index is -0.350. The molecule has 0 radical (unpaired) electrons. The first-order valence-electron chi connectivity index (χ1n) is 5.31. The maximum absolute atomic E-state index is 11.4. The predicted octanol–water partition coefficient (Wildman–Crippen LogP) is 2.12. The fraction of sp³-hybridized carbons (Fsp3) is 0.167. The number of carbonyl (C=O) groups is 1. The predicted molar refractivity (Wildman–Crippen MR) is 71.6 cm³/mol. The Kier molecular flexibility index (Phi) is 3.78. The smallest absolute Gasteiger partial charge is 0.337 e. The lowest BCUT2D eigenvalue weighted by molar-refractivity contribution is 0.0601. The van der Waals surface area contributed by atoms with E-state index >= 15 is 0 Å². The second-order valence-corrected chi connectivity index (χ2v) is 4.49. The summed E-state index contributed by atoms with van der Waals surface area (Å²) in [5, 5.41) is 5.62. The number of ether oxygens (including phenoxy) is 1. The van der Waals surface area contributed by atoms with Crippen molar-refractivity contribution in [2.75, 3.05) is 18.2 Å². The molecule has 0 aliphatic rings. The number of hydrogen-bond acceptors (Lipinski definition) is 6. The van der Waals surface area contributed by atoms with Crippen molar-refractivity contribution < 1.29 is 9.53 Å². The van der Waals surface area contributed by atoms with E-state index in [2.05, 4.69) is 15.0 Å². The number of methoxy groups -OCH3 is 1. The number of nitrogens with one attached hydrogen (secondary N) is 1. The number of benzene rings is 1. The van der Waals surface area contributed by atoms with Crippen molar-refractivity contribution in [3.8, 4) is 0 Å². The molecule has 3 N–H and O–H groups in total. The highest BCUT2D eigenvalue weighted by Crippen LogP contribution is 2.15. The summed E-state index contributed by atoms with van der Waals surface area (Å²) in [7, 11) is 1.36. The minimum Gasteiger partial charge on any atom is -0.465 e. The molecule has 2 rings (SSSR count). The van der Waals surface area contributed by atoms with Gasteiger partial charge in [0.05, 0.1) is 24.9 Å². The van der Waals surface area contributed by atoms with Crippen molar-refractivity contribution in [1.82, 2.24) is 4.98 Å². The third-order valence-electron chi connectivity index (χ3n) is 2.33. The highest BCUT2D eigenvalue weighted by molar-refractivity contribution is 7.13. The van der Waals surface area contributed by atoms with E-state index in [0.717, 1.165) is 11.4 Å². The largest absolute Gasteiger partial charge is 0.465 e. The summed E-state index contributed by atoms with van der Waals surface area (Å²) >= 11 is 1.40. The molecule has 94 valence electrons. The van der Waals surface area contributed by atoms with Crippen molar-refractivity contribution in [3.63, 3.8) is 0 Å². The van der Waals surface area contributed by atoms with Crippen molar-refractivity contribution >= 4 is 28.1 Å². The molecule has 0 bridgehead atoms. The van der Waals surface area contributed by atoms with Crippen LogP contribution in [-0.4, -0.2) is 18.1 Å². The molecule has 0 aliphatic carbocycles. The van der Waals surface area contributed by atoms with Gasteiger partial charge in [0, 0.05) is 11.1 Å². The Hall–Kier alpha value is -2.08. The van der Waals surface area contributed by atoms with E-state index in [-0.39, 0.29) is 5.97 Å². The van der Waals surface area contributed by atoms with E-state index in [9.17, 15) is 4.79 Å². The fourth-order valence-electron chi connectivity index (χ4n) is 1.47. The number of thiazole rings is 1. The molecule has 0 saturated heterocycles. The Labute approximate surface area is 109 Å². The molecule has 0 atom stereocenters. The maximum Gasteiger partial charge on any atom is 0.337 e. The zero-order valence-corrected chi connectivity index (χ0v) is 10.7. The molecule has 1 aromatic carbocycles. The quantitative estimate of drug-likeness (QED) is 0.826. The van der Waals surface area contributed by atoms with Gasteiger partial charge in [-0.05, 0) is 18.2 Å². The summed E-state index contributed by atoms with van der Waals surface area (Å²) in [5.74, 6) is -0.350. The number of aromatic nitrogens is 1. The fourth-order valence-corrected chi connectivity index (χ4v) is 2.03. The highest BCUT2D eigenvalue weighted by Gasteiger charge is 2.05. The molecule has 0 aliphatic heterocycles. The van der Waals surface area contributed by atoms with Gasteiger partial charge in [0.15, 0.2) is 5.13 Å². The molecular formula is C12H13N3O2S. The van der Waals surface area contributed by atoms with Crippen LogP contribution in [0.25, 0.3) is 0 Å². The molecule has 0 unspecified atom stereocenters. The zero-order chi connectivity index (χ0) is 13.0. The number of carbonyl (C=O) groups excluding carboxylic acids is 1. The van der Waals surface area contributed by atoms with E-state index in [0.29, 0.717) is 17.2 Å². The Morgan fingerprint density at radius 1 is 1.56 bits per heavy atom. The summed E-state index contributed by atoms with van der Waals surface area (Å²) in [4.78, 5) is 15.5. The number of nitrogens with two attached hydrogens (primary N) is 1. The molecular weight excluding hydrogens is 250 g/mol. The van der Waals surface area contributed by atoms with Gasteiger partial charge >= 0.3 is 5.97 Å². The first-order chi connectivity index (χ1) is 8.69. The lowest BCUT2D eigenvalue weighted by Gasteiger charge is -2.06. The van der Waals surface area contributed by atoms with E-state index < -0.39 is 0 Å². The molecule has 0 fully saturated rings. The molecule has 0 spiro atoms. The SMILES string of the molecule is COC(=O)c1cccc(NCc2csc(N)n2)c1. The van der Waals surface area contributed by atoms with Crippen LogP contribution in [-0.2, 0) is 11.3 Å². The molecule has 0 amide bonds. The molecule has 1 heterocycles. The number of nitrogens with zero attached hydrogens (tertiary/aromatic N) is 1. The maximum atomic E-state index is 11.4. The Morgan fingerprint density at radius 2 is 2.39 bits per heavy atom. The number of esters is 1. The van der Waals surface area contributed by atoms with Crippen molar-refractivity contribution in [2.24, 2.45) is 0 Å². The van der Waals surface area contributed by atoms with Crippen molar-refractivity contribution in [2.45, 2.75) is 6.54 Å². The van der Waals surface area contributed by atoms with Gasteiger partial charge in [0.2, 0.25) is 0 Å². The molecule has 18 heavy (non-hydrogen) atoms. The van der Waals surface area contributed by atoms with Crippen molar-refractivity contribution in [3.05, 3.63) is 40.9 Å². The van der Waals surface area contributed by atoms with E-state index in [1.54, 1.807) is 18.2 Å².